The first-order chi connectivity index (χ1) is 15.4. The standard InChI is InChI=1S/C24H20Cl2N4O2.ClH/c1-30-20-11-12-27-14-18(20)22(16-5-3-2-4-6-16)29-23(24(30)32)28-21(31)10-8-15-7-9-17(25)13-19(15)26;/h2-7,9,11-14,23H,8,10H2,1H3,(H,28,31);1H. The highest BCUT2D eigenvalue weighted by Gasteiger charge is 2.31. The zero-order chi connectivity index (χ0) is 22.7. The maximum absolute atomic E-state index is 13.1. The van der Waals surface area contributed by atoms with Gasteiger partial charge in [0.15, 0.2) is 0 Å². The normalized spacial score (nSPS) is 15.1. The highest BCUT2D eigenvalue weighted by molar-refractivity contribution is 6.35. The predicted molar refractivity (Wildman–Crippen MR) is 134 cm³/mol. The lowest BCUT2D eigenvalue weighted by atomic mass is 10.0. The number of carbonyl (C=O) groups is 2. The third-order valence-corrected chi connectivity index (χ3v) is 5.81. The van der Waals surface area contributed by atoms with Crippen molar-refractivity contribution in [3.05, 3.63) is 93.7 Å². The number of anilines is 1. The molecule has 1 N–H and O–H groups in total. The predicted octanol–water partition coefficient (Wildman–Crippen LogP) is 4.70. The van der Waals surface area contributed by atoms with E-state index in [-0.39, 0.29) is 30.6 Å². The zero-order valence-corrected chi connectivity index (χ0v) is 20.0. The maximum Gasteiger partial charge on any atom is 0.272 e. The second kappa shape index (κ2) is 10.8. The average Bonchev–Trinajstić information content (AvgIpc) is 2.90. The monoisotopic (exact) mass is 502 g/mol. The Morgan fingerprint density at radius 3 is 2.61 bits per heavy atom. The Bertz CT molecular complexity index is 1200. The Hall–Kier alpha value is -2.93. The van der Waals surface area contributed by atoms with E-state index in [1.807, 2.05) is 30.3 Å². The number of hydrogen-bond acceptors (Lipinski definition) is 4. The highest BCUT2D eigenvalue weighted by atomic mass is 35.5. The van der Waals surface area contributed by atoms with Crippen molar-refractivity contribution in [2.24, 2.45) is 4.99 Å². The van der Waals surface area contributed by atoms with Crippen LogP contribution in [0.25, 0.3) is 0 Å². The van der Waals surface area contributed by atoms with Crippen LogP contribution in [0.15, 0.2) is 72.0 Å². The summed E-state index contributed by atoms with van der Waals surface area (Å²) in [6.07, 6.45) is 2.81. The lowest BCUT2D eigenvalue weighted by Crippen LogP contribution is -2.46. The van der Waals surface area contributed by atoms with Gasteiger partial charge < -0.3 is 10.2 Å². The maximum atomic E-state index is 13.1. The molecule has 0 bridgehead atoms. The van der Waals surface area contributed by atoms with E-state index in [1.165, 1.54) is 4.90 Å². The number of aliphatic imine (C=N–C) groups is 1. The number of carbonyl (C=O) groups excluding carboxylic acids is 2. The van der Waals surface area contributed by atoms with Gasteiger partial charge in [-0.25, -0.2) is 4.99 Å². The number of nitrogens with one attached hydrogen (secondary N) is 1. The first kappa shape index (κ1) is 24.7. The minimum atomic E-state index is -1.06. The van der Waals surface area contributed by atoms with E-state index in [4.69, 9.17) is 23.2 Å². The Kier molecular flexibility index (Phi) is 8.08. The molecule has 0 radical (unpaired) electrons. The van der Waals surface area contributed by atoms with Gasteiger partial charge in [-0.2, -0.15) is 0 Å². The zero-order valence-electron chi connectivity index (χ0n) is 17.7. The average molecular weight is 504 g/mol. The van der Waals surface area contributed by atoms with Crippen molar-refractivity contribution in [2.75, 3.05) is 11.9 Å². The molecule has 9 heteroatoms. The largest absolute Gasteiger partial charge is 0.327 e. The molecular formula is C24H21Cl3N4O2. The molecule has 4 rings (SSSR count). The Balaban J connectivity index is 0.00000306. The fraction of sp³-hybridized carbons (Fsp3) is 0.167. The second-order valence-electron chi connectivity index (χ2n) is 7.34. The van der Waals surface area contributed by atoms with Crippen LogP contribution in [0, 0.1) is 0 Å². The molecule has 1 unspecified atom stereocenters. The van der Waals surface area contributed by atoms with Gasteiger partial charge in [-0.3, -0.25) is 14.6 Å². The van der Waals surface area contributed by atoms with Gasteiger partial charge in [-0.15, -0.1) is 12.4 Å². The van der Waals surface area contributed by atoms with Crippen LogP contribution in [0.2, 0.25) is 10.0 Å². The highest BCUT2D eigenvalue weighted by Crippen LogP contribution is 2.26. The molecule has 2 amide bonds. The minimum Gasteiger partial charge on any atom is -0.327 e. The molecule has 3 aromatic rings. The van der Waals surface area contributed by atoms with Crippen LogP contribution in [-0.4, -0.2) is 35.7 Å². The van der Waals surface area contributed by atoms with Gasteiger partial charge in [-0.1, -0.05) is 59.6 Å². The second-order valence-corrected chi connectivity index (χ2v) is 8.18. The molecule has 1 aliphatic rings. The molecule has 0 aliphatic carbocycles. The molecule has 33 heavy (non-hydrogen) atoms. The molecule has 0 fully saturated rings. The van der Waals surface area contributed by atoms with E-state index in [0.717, 1.165) is 16.7 Å². The van der Waals surface area contributed by atoms with Crippen molar-refractivity contribution in [3.63, 3.8) is 0 Å². The Morgan fingerprint density at radius 2 is 1.88 bits per heavy atom. The lowest BCUT2D eigenvalue weighted by molar-refractivity contribution is -0.127. The van der Waals surface area contributed by atoms with E-state index < -0.39 is 6.17 Å². The number of benzene rings is 2. The molecule has 1 aliphatic heterocycles. The number of nitrogens with zero attached hydrogens (tertiary/aromatic N) is 3. The summed E-state index contributed by atoms with van der Waals surface area (Å²) < 4.78 is 0. The molecular weight excluding hydrogens is 483 g/mol. The van der Waals surface area contributed by atoms with Gasteiger partial charge in [-0.05, 0) is 30.2 Å². The van der Waals surface area contributed by atoms with Crippen molar-refractivity contribution in [1.29, 1.82) is 0 Å². The Labute approximate surface area is 208 Å². The van der Waals surface area contributed by atoms with Crippen LogP contribution >= 0.6 is 35.6 Å². The minimum absolute atomic E-state index is 0. The van der Waals surface area contributed by atoms with Gasteiger partial charge >= 0.3 is 0 Å². The van der Waals surface area contributed by atoms with Crippen LogP contribution in [-0.2, 0) is 16.0 Å². The van der Waals surface area contributed by atoms with E-state index in [1.54, 1.807) is 43.7 Å². The number of likely N-dealkylation sites (N-methyl/N-ethyl adjacent to an activating group) is 1. The van der Waals surface area contributed by atoms with E-state index in [0.29, 0.717) is 27.9 Å². The molecule has 2 aromatic carbocycles. The molecule has 0 saturated heterocycles. The topological polar surface area (TPSA) is 74.7 Å². The molecule has 6 nitrogen and oxygen atoms in total. The quantitative estimate of drug-likeness (QED) is 0.548. The number of halogens is 3. The fourth-order valence-electron chi connectivity index (χ4n) is 3.54. The molecule has 0 saturated carbocycles. The molecule has 2 heterocycles. The van der Waals surface area contributed by atoms with Crippen molar-refractivity contribution in [1.82, 2.24) is 10.3 Å². The van der Waals surface area contributed by atoms with Crippen LogP contribution < -0.4 is 10.2 Å². The first-order valence-electron chi connectivity index (χ1n) is 10.0. The van der Waals surface area contributed by atoms with Gasteiger partial charge in [0, 0.05) is 47.0 Å². The summed E-state index contributed by atoms with van der Waals surface area (Å²) in [6, 6.07) is 16.4. The van der Waals surface area contributed by atoms with Crippen LogP contribution in [0.4, 0.5) is 5.69 Å². The summed E-state index contributed by atoms with van der Waals surface area (Å²) in [5.41, 5.74) is 3.63. The van der Waals surface area contributed by atoms with Gasteiger partial charge in [0.05, 0.1) is 11.4 Å². The van der Waals surface area contributed by atoms with Crippen molar-refractivity contribution < 1.29 is 9.59 Å². The van der Waals surface area contributed by atoms with Crippen LogP contribution in [0.5, 0.6) is 0 Å². The molecule has 1 aromatic heterocycles. The molecule has 170 valence electrons. The lowest BCUT2D eigenvalue weighted by Gasteiger charge is -2.20. The third-order valence-electron chi connectivity index (χ3n) is 5.22. The number of aromatic nitrogens is 1. The third kappa shape index (κ3) is 5.53. The van der Waals surface area contributed by atoms with Gasteiger partial charge in [0.2, 0.25) is 12.1 Å². The Morgan fingerprint density at radius 1 is 1.12 bits per heavy atom. The smallest absolute Gasteiger partial charge is 0.272 e. The number of hydrogen-bond donors (Lipinski definition) is 1. The summed E-state index contributed by atoms with van der Waals surface area (Å²) in [6.45, 7) is 0. The van der Waals surface area contributed by atoms with Crippen molar-refractivity contribution in [2.45, 2.75) is 19.0 Å². The summed E-state index contributed by atoms with van der Waals surface area (Å²) in [4.78, 5) is 36.2. The summed E-state index contributed by atoms with van der Waals surface area (Å²) in [5.74, 6) is -0.635. The van der Waals surface area contributed by atoms with Crippen LogP contribution in [0.3, 0.4) is 0 Å². The van der Waals surface area contributed by atoms with Gasteiger partial charge in [0.1, 0.15) is 0 Å². The number of pyridine rings is 1. The fourth-order valence-corrected chi connectivity index (χ4v) is 4.04. The van der Waals surface area contributed by atoms with Crippen molar-refractivity contribution >= 4 is 58.8 Å². The number of fused-ring (bicyclic) bond motifs is 1. The van der Waals surface area contributed by atoms with E-state index in [9.17, 15) is 9.59 Å². The summed E-state index contributed by atoms with van der Waals surface area (Å²) in [7, 11) is 1.66. The van der Waals surface area contributed by atoms with Crippen molar-refractivity contribution in [3.8, 4) is 0 Å². The molecule has 1 atom stereocenters. The number of aryl methyl sites for hydroxylation is 1. The molecule has 0 spiro atoms. The van der Waals surface area contributed by atoms with Gasteiger partial charge in [0.25, 0.3) is 5.91 Å². The van der Waals surface area contributed by atoms with E-state index in [2.05, 4.69) is 15.3 Å². The first-order valence-corrected chi connectivity index (χ1v) is 10.8. The number of amides is 2. The number of rotatable bonds is 5. The van der Waals surface area contributed by atoms with E-state index >= 15 is 0 Å². The summed E-state index contributed by atoms with van der Waals surface area (Å²) >= 11 is 12.1. The van der Waals surface area contributed by atoms with Crippen LogP contribution in [0.1, 0.15) is 23.1 Å². The SMILES string of the molecule is CN1C(=O)C(NC(=O)CCc2ccc(Cl)cc2Cl)N=C(c2ccccc2)c2cnccc21.Cl. The summed E-state index contributed by atoms with van der Waals surface area (Å²) in [5, 5.41) is 3.80.